The Morgan fingerprint density at radius 1 is 0.493 bits per heavy atom. The highest BCUT2D eigenvalue weighted by Crippen LogP contribution is 2.44. The van der Waals surface area contributed by atoms with Gasteiger partial charge >= 0.3 is 27.6 Å². The molecule has 0 spiro atoms. The zero-order valence-corrected chi connectivity index (χ0v) is 43.6. The second-order valence-corrected chi connectivity index (χ2v) is 20.7. The molecule has 5 N–H and O–H groups in total. The van der Waals surface area contributed by atoms with E-state index in [0.29, 0.717) is 19.3 Å². The van der Waals surface area contributed by atoms with Crippen LogP contribution in [0.15, 0.2) is 48.6 Å². The molecule has 0 saturated heterocycles. The first-order valence-corrected chi connectivity index (χ1v) is 28.8. The van der Waals surface area contributed by atoms with Crippen LogP contribution in [0.4, 0.5) is 0 Å². The summed E-state index contributed by atoms with van der Waals surface area (Å²) in [7, 11) is -9.71. The van der Waals surface area contributed by atoms with Crippen molar-refractivity contribution in [1.82, 2.24) is 0 Å². The normalized spacial score (nSPS) is 15.2. The number of phosphoric acid groups is 2. The van der Waals surface area contributed by atoms with Gasteiger partial charge in [-0.05, 0) is 70.6 Å². The van der Waals surface area contributed by atoms with E-state index < -0.39 is 66.2 Å². The van der Waals surface area contributed by atoms with E-state index >= 15 is 0 Å². The van der Waals surface area contributed by atoms with Crippen LogP contribution in [-0.4, -0.2) is 81.6 Å². The van der Waals surface area contributed by atoms with E-state index in [1.807, 2.05) is 19.1 Å². The molecule has 0 heterocycles. The van der Waals surface area contributed by atoms with E-state index in [1.165, 1.54) is 103 Å². The van der Waals surface area contributed by atoms with E-state index in [2.05, 4.69) is 54.8 Å². The molecule has 0 aliphatic carbocycles. The van der Waals surface area contributed by atoms with Gasteiger partial charge in [0.2, 0.25) is 0 Å². The minimum Gasteiger partial charge on any atom is -0.462 e. The van der Waals surface area contributed by atoms with Gasteiger partial charge in [0.1, 0.15) is 12.7 Å². The summed E-state index contributed by atoms with van der Waals surface area (Å²) < 4.78 is 47.9. The lowest BCUT2D eigenvalue weighted by Gasteiger charge is -2.20. The van der Waals surface area contributed by atoms with Gasteiger partial charge in [-0.1, -0.05) is 184 Å². The molecule has 67 heavy (non-hydrogen) atoms. The van der Waals surface area contributed by atoms with Gasteiger partial charge in [-0.2, -0.15) is 0 Å². The van der Waals surface area contributed by atoms with Crippen molar-refractivity contribution in [3.8, 4) is 0 Å². The summed E-state index contributed by atoms with van der Waals surface area (Å²) in [5, 5.41) is 19.1. The maximum absolute atomic E-state index is 12.7. The number of rotatable bonds is 48. The molecule has 0 radical (unpaired) electrons. The maximum Gasteiger partial charge on any atom is 0.472 e. The molecule has 392 valence electrons. The number of aliphatic hydroxyl groups excluding tert-OH is 2. The molecule has 0 fully saturated rings. The van der Waals surface area contributed by atoms with Crippen molar-refractivity contribution in [3.63, 3.8) is 0 Å². The Morgan fingerprint density at radius 3 is 1.39 bits per heavy atom. The van der Waals surface area contributed by atoms with Gasteiger partial charge in [-0.25, -0.2) is 9.13 Å². The van der Waals surface area contributed by atoms with Gasteiger partial charge in [-0.15, -0.1) is 0 Å². The fraction of sp³-hybridized carbons (Fsp3) is 0.804. The maximum atomic E-state index is 12.7. The molecule has 0 aromatic rings. The van der Waals surface area contributed by atoms with Gasteiger partial charge in [-0.3, -0.25) is 23.2 Å². The van der Waals surface area contributed by atoms with Crippen LogP contribution >= 0.6 is 15.6 Å². The van der Waals surface area contributed by atoms with Crippen LogP contribution in [0, 0.1) is 5.92 Å². The second kappa shape index (κ2) is 45.2. The molecule has 16 heteroatoms. The van der Waals surface area contributed by atoms with E-state index in [-0.39, 0.29) is 18.9 Å². The van der Waals surface area contributed by atoms with Crippen LogP contribution in [0.25, 0.3) is 0 Å². The number of ether oxygens (including phenoxy) is 2. The van der Waals surface area contributed by atoms with Crippen molar-refractivity contribution < 1.29 is 66.7 Å². The average Bonchev–Trinajstić information content (AvgIpc) is 3.28. The summed E-state index contributed by atoms with van der Waals surface area (Å²) in [6.07, 6.45) is 45.2. The van der Waals surface area contributed by atoms with Crippen LogP contribution in [-0.2, 0) is 41.8 Å². The Bertz CT molecular complexity index is 1400. The summed E-state index contributed by atoms with van der Waals surface area (Å²) in [5.74, 6) is -0.228. The Balaban J connectivity index is 4.45. The third kappa shape index (κ3) is 50.2. The van der Waals surface area contributed by atoms with Gasteiger partial charge in [0, 0.05) is 12.8 Å². The van der Waals surface area contributed by atoms with E-state index in [4.69, 9.17) is 28.3 Å². The number of hydrogen-bond acceptors (Lipinski definition) is 11. The first kappa shape index (κ1) is 65.0. The molecule has 0 bridgehead atoms. The van der Waals surface area contributed by atoms with E-state index in [1.54, 1.807) is 0 Å². The zero-order valence-electron chi connectivity index (χ0n) is 41.8. The standard InChI is InChI=1S/C51H94O14P2/c1-4-46(2)38-34-30-26-22-18-14-10-7-5-6-8-12-17-21-25-29-33-37-41-51(55)65-49(45-64-67(59,60)63-43-48(53)42-62-66(56,57)58)44-61-50(54)40-36-32-28-24-20-16-13-9-11-15-19-23-27-31-35-39-47(3)52/h11,13,15-16,23-24,27-28,46-49,52-53H,4-10,12,14,17-22,25-26,29-45H2,1-3H3,(H,59,60)(H2,56,57,58)/b15-11-,16-13-,27-23-,28-24-/t46?,47-,48+,49-/m1/s1. The summed E-state index contributed by atoms with van der Waals surface area (Å²) in [6.45, 7) is 3.66. The van der Waals surface area contributed by atoms with Crippen molar-refractivity contribution in [2.75, 3.05) is 26.4 Å². The number of hydrogen-bond donors (Lipinski definition) is 5. The number of carbonyl (C=O) groups is 2. The zero-order chi connectivity index (χ0) is 49.7. The third-order valence-electron chi connectivity index (χ3n) is 11.3. The summed E-state index contributed by atoms with van der Waals surface area (Å²) in [6, 6.07) is 0. The molecule has 5 atom stereocenters. The predicted molar refractivity (Wildman–Crippen MR) is 268 cm³/mol. The molecule has 0 rings (SSSR count). The minimum absolute atomic E-state index is 0.108. The van der Waals surface area contributed by atoms with Crippen LogP contribution in [0.1, 0.15) is 213 Å². The summed E-state index contributed by atoms with van der Waals surface area (Å²) >= 11 is 0. The van der Waals surface area contributed by atoms with Crippen LogP contribution < -0.4 is 0 Å². The summed E-state index contributed by atoms with van der Waals surface area (Å²) in [4.78, 5) is 52.9. The summed E-state index contributed by atoms with van der Waals surface area (Å²) in [5.41, 5.74) is 0. The average molecular weight is 993 g/mol. The lowest BCUT2D eigenvalue weighted by atomic mass is 9.99. The Hall–Kier alpha value is -1.96. The molecule has 0 aliphatic heterocycles. The van der Waals surface area contributed by atoms with Crippen LogP contribution in [0.2, 0.25) is 0 Å². The Kier molecular flexibility index (Phi) is 43.9. The molecular weight excluding hydrogens is 898 g/mol. The Morgan fingerprint density at radius 2 is 0.910 bits per heavy atom. The number of allylic oxidation sites excluding steroid dienone is 8. The quantitative estimate of drug-likeness (QED) is 0.0166. The number of carbonyl (C=O) groups excluding carboxylic acids is 2. The van der Waals surface area contributed by atoms with E-state index in [9.17, 15) is 33.8 Å². The number of unbranched alkanes of at least 4 members (excludes halogenated alkanes) is 19. The fourth-order valence-corrected chi connectivity index (χ4v) is 8.14. The molecule has 0 amide bonds. The minimum atomic E-state index is -4.88. The highest BCUT2D eigenvalue weighted by Gasteiger charge is 2.28. The molecule has 2 unspecified atom stereocenters. The van der Waals surface area contributed by atoms with Gasteiger partial charge in [0.05, 0.1) is 25.9 Å². The lowest BCUT2D eigenvalue weighted by molar-refractivity contribution is -0.161. The number of aliphatic hydroxyl groups is 2. The highest BCUT2D eigenvalue weighted by atomic mass is 31.2. The van der Waals surface area contributed by atoms with Crippen molar-refractivity contribution >= 4 is 27.6 Å². The lowest BCUT2D eigenvalue weighted by Crippen LogP contribution is -2.30. The van der Waals surface area contributed by atoms with Gasteiger partial charge in [0.25, 0.3) is 0 Å². The van der Waals surface area contributed by atoms with Gasteiger partial charge < -0.3 is 34.4 Å². The number of phosphoric ester groups is 2. The van der Waals surface area contributed by atoms with Crippen LogP contribution in [0.3, 0.4) is 0 Å². The van der Waals surface area contributed by atoms with Crippen molar-refractivity contribution in [2.24, 2.45) is 5.92 Å². The molecule has 0 aromatic heterocycles. The number of esters is 2. The van der Waals surface area contributed by atoms with Crippen molar-refractivity contribution in [1.29, 1.82) is 0 Å². The Labute approximate surface area is 405 Å². The highest BCUT2D eigenvalue weighted by molar-refractivity contribution is 7.47. The predicted octanol–water partition coefficient (Wildman–Crippen LogP) is 13.0. The molecule has 14 nitrogen and oxygen atoms in total. The van der Waals surface area contributed by atoms with E-state index in [0.717, 1.165) is 63.7 Å². The molecular formula is C51H94O14P2. The van der Waals surface area contributed by atoms with Gasteiger partial charge in [0.15, 0.2) is 6.10 Å². The topological polar surface area (TPSA) is 216 Å². The molecule has 0 aromatic carbocycles. The van der Waals surface area contributed by atoms with Crippen molar-refractivity contribution in [2.45, 2.75) is 232 Å². The third-order valence-corrected chi connectivity index (χ3v) is 12.7. The van der Waals surface area contributed by atoms with Crippen LogP contribution in [0.5, 0.6) is 0 Å². The fourth-order valence-electron chi connectivity index (χ4n) is 6.98. The second-order valence-electron chi connectivity index (χ2n) is 18.0. The molecule has 0 aliphatic rings. The SMILES string of the molecule is CCC(C)CCCCCCCCCCCCCCCCCCCCC(=O)O[C@H](COC(=O)CCC/C=C\C/C=C\C/C=C\C/C=C\CCC[C@@H](C)O)COP(=O)(O)OC[C@@H](O)COP(=O)(O)O. The smallest absolute Gasteiger partial charge is 0.462 e. The molecule has 0 saturated carbocycles. The van der Waals surface area contributed by atoms with Crippen molar-refractivity contribution in [3.05, 3.63) is 48.6 Å². The largest absolute Gasteiger partial charge is 0.472 e. The monoisotopic (exact) mass is 993 g/mol. The first-order valence-electron chi connectivity index (χ1n) is 25.8. The first-order chi connectivity index (χ1) is 32.1.